The van der Waals surface area contributed by atoms with Gasteiger partial charge in [0, 0.05) is 18.2 Å². The van der Waals surface area contributed by atoms with Crippen LogP contribution < -0.4 is 10.6 Å². The average Bonchev–Trinajstić information content (AvgIpc) is 4.15. The monoisotopic (exact) mass is 932 g/mol. The number of amides is 3. The lowest BCUT2D eigenvalue weighted by molar-refractivity contribution is -0.164. The van der Waals surface area contributed by atoms with Crippen LogP contribution in [-0.4, -0.2) is 71.8 Å². The molecule has 2 aromatic heterocycles. The molecule has 2 saturated carbocycles. The number of ether oxygens (including phenoxy) is 2. The number of nitrogens with zero attached hydrogens (tertiary/aromatic N) is 8. The zero-order chi connectivity index (χ0) is 47.0. The van der Waals surface area contributed by atoms with Crippen LogP contribution in [0, 0.1) is 16.7 Å². The second-order valence-corrected chi connectivity index (χ2v) is 17.6. The minimum atomic E-state index is -4.80. The smallest absolute Gasteiger partial charge is 0.437 e. The highest BCUT2D eigenvalue weighted by atomic mass is 35.5. The standard InChI is InChI=1S/C45H42ClF5N10O5/c1-42(2,18-19-52)25-44(31-11-8-28(9-12-31)30-21-54-59(22-30)32-13-14-32)38(62)60(39(57-44)56-40(63)65-23-27-6-4-3-5-7-27)35(24-66-41(64)58-43(16-17-43)45(49,50)51)29-10-15-33(46)34(20-29)61-37(36(47)48)53-26-55-61/h3-12,15,20-22,26,32,35-36H,13-14,16-18,23-25H2,1-2H3,(H,58,64)(H,56,57,63)/t35-,44?/m1/s1. The molecule has 3 amide bonds. The zero-order valence-electron chi connectivity index (χ0n) is 35.4. The van der Waals surface area contributed by atoms with Gasteiger partial charge in [-0.2, -0.15) is 28.6 Å². The van der Waals surface area contributed by atoms with Crippen molar-refractivity contribution in [1.82, 2.24) is 40.1 Å². The van der Waals surface area contributed by atoms with Gasteiger partial charge < -0.3 is 20.1 Å². The van der Waals surface area contributed by atoms with Crippen molar-refractivity contribution in [2.45, 2.75) is 94.7 Å². The Morgan fingerprint density at radius 1 is 1.03 bits per heavy atom. The first kappa shape index (κ1) is 45.7. The molecular formula is C45H42ClF5N10O5. The maximum atomic E-state index is 15.8. The number of carbonyl (C=O) groups excluding carboxylic acids is 3. The number of aliphatic imine (C=N–C) groups is 1. The third kappa shape index (κ3) is 9.43. The highest BCUT2D eigenvalue weighted by Crippen LogP contribution is 2.49. The van der Waals surface area contributed by atoms with Crippen molar-refractivity contribution in [3.8, 4) is 22.9 Å². The Labute approximate surface area is 379 Å². The molecular weight excluding hydrogens is 891 g/mol. The summed E-state index contributed by atoms with van der Waals surface area (Å²) < 4.78 is 83.9. The van der Waals surface area contributed by atoms with Gasteiger partial charge in [-0.05, 0) is 71.9 Å². The molecule has 0 spiro atoms. The highest BCUT2D eigenvalue weighted by Gasteiger charge is 2.65. The number of aromatic nitrogens is 5. The molecule has 21 heteroatoms. The topological polar surface area (TPSA) is 182 Å². The fraction of sp³-hybridized carbons (Fsp3) is 0.378. The maximum Gasteiger partial charge on any atom is 0.437 e. The summed E-state index contributed by atoms with van der Waals surface area (Å²) in [6.45, 7) is 2.45. The Bertz CT molecular complexity index is 2690. The predicted molar refractivity (Wildman–Crippen MR) is 227 cm³/mol. The van der Waals surface area contributed by atoms with Crippen LogP contribution in [0.15, 0.2) is 96.5 Å². The quantitative estimate of drug-likeness (QED) is 0.0961. The summed E-state index contributed by atoms with van der Waals surface area (Å²) in [6.07, 6.45) is -4.86. The molecule has 2 aliphatic carbocycles. The van der Waals surface area contributed by atoms with Crippen LogP contribution >= 0.6 is 11.6 Å². The number of benzene rings is 3. The van der Waals surface area contributed by atoms with Gasteiger partial charge in [-0.15, -0.1) is 4.99 Å². The molecule has 0 radical (unpaired) electrons. The van der Waals surface area contributed by atoms with E-state index >= 15 is 4.79 Å². The first-order chi connectivity index (χ1) is 31.4. The lowest BCUT2D eigenvalue weighted by Crippen LogP contribution is -2.49. The van der Waals surface area contributed by atoms with E-state index in [2.05, 4.69) is 31.6 Å². The van der Waals surface area contributed by atoms with Crippen LogP contribution in [0.5, 0.6) is 0 Å². The zero-order valence-corrected chi connectivity index (χ0v) is 36.2. The molecule has 8 rings (SSSR count). The third-order valence-corrected chi connectivity index (χ3v) is 12.1. The Balaban J connectivity index is 1.25. The number of alkyl halides is 5. The van der Waals surface area contributed by atoms with E-state index in [0.717, 1.165) is 39.9 Å². The van der Waals surface area contributed by atoms with E-state index in [9.17, 15) is 36.8 Å². The number of guanidine groups is 1. The average molecular weight is 933 g/mol. The van der Waals surface area contributed by atoms with Crippen molar-refractivity contribution in [3.05, 3.63) is 119 Å². The van der Waals surface area contributed by atoms with Gasteiger partial charge in [-0.3, -0.25) is 14.4 Å². The number of hydrogen-bond donors (Lipinski definition) is 2. The van der Waals surface area contributed by atoms with Crippen molar-refractivity contribution < 1.29 is 45.8 Å². The van der Waals surface area contributed by atoms with Crippen LogP contribution in [0.2, 0.25) is 5.02 Å². The Hall–Kier alpha value is -6.88. The van der Waals surface area contributed by atoms with Gasteiger partial charge in [-0.25, -0.2) is 28.0 Å². The van der Waals surface area contributed by atoms with E-state index < -0.39 is 71.6 Å². The molecule has 1 saturated heterocycles. The molecule has 2 N–H and O–H groups in total. The SMILES string of the molecule is CC(C)(CC#N)CC1(c2ccc(-c3cnn(C4CC4)c3)cc2)N/C(=N\C(=O)OCc2ccccc2)N([C@H](COC(=O)NC2(C(F)(F)F)CC2)c2ccc(Cl)c(-n3ncnc3C(F)F)c2)C1=O. The molecule has 1 unspecified atom stereocenters. The van der Waals surface area contributed by atoms with E-state index in [4.69, 9.17) is 21.1 Å². The van der Waals surface area contributed by atoms with Crippen LogP contribution in [0.1, 0.15) is 93.4 Å². The molecule has 3 heterocycles. The van der Waals surface area contributed by atoms with Gasteiger partial charge >= 0.3 is 18.4 Å². The second-order valence-electron chi connectivity index (χ2n) is 17.2. The summed E-state index contributed by atoms with van der Waals surface area (Å²) >= 11 is 6.55. The molecule has 2 atom stereocenters. The van der Waals surface area contributed by atoms with Crippen molar-refractivity contribution in [2.75, 3.05) is 6.61 Å². The number of rotatable bonds is 15. The molecule has 15 nitrogen and oxygen atoms in total. The molecule has 3 aliphatic rings. The normalized spacial score (nSPS) is 19.1. The highest BCUT2D eigenvalue weighted by molar-refractivity contribution is 6.32. The first-order valence-electron chi connectivity index (χ1n) is 20.9. The molecule has 3 fully saturated rings. The van der Waals surface area contributed by atoms with Crippen molar-refractivity contribution >= 4 is 35.7 Å². The van der Waals surface area contributed by atoms with Crippen molar-refractivity contribution in [2.24, 2.45) is 10.4 Å². The minimum Gasteiger partial charge on any atom is -0.447 e. The van der Waals surface area contributed by atoms with Crippen LogP contribution in [0.3, 0.4) is 0 Å². The predicted octanol–water partition coefficient (Wildman–Crippen LogP) is 9.27. The fourth-order valence-electron chi connectivity index (χ4n) is 7.99. The number of hydrogen-bond acceptors (Lipinski definition) is 9. The Morgan fingerprint density at radius 2 is 1.76 bits per heavy atom. The fourth-order valence-corrected chi connectivity index (χ4v) is 8.19. The van der Waals surface area contributed by atoms with Gasteiger partial charge in [0.15, 0.2) is 5.82 Å². The molecule has 5 aromatic rings. The second kappa shape index (κ2) is 17.8. The van der Waals surface area contributed by atoms with E-state index in [1.165, 1.54) is 18.2 Å². The summed E-state index contributed by atoms with van der Waals surface area (Å²) in [5.74, 6) is -1.99. The molecule has 3 aromatic carbocycles. The van der Waals surface area contributed by atoms with Crippen LogP contribution in [-0.2, 0) is 26.4 Å². The largest absolute Gasteiger partial charge is 0.447 e. The number of alkyl carbamates (subject to hydrolysis) is 1. The summed E-state index contributed by atoms with van der Waals surface area (Å²) in [5.41, 5.74) is -2.80. The lowest BCUT2D eigenvalue weighted by Gasteiger charge is -2.36. The summed E-state index contributed by atoms with van der Waals surface area (Å²) in [5, 5.41) is 23.3. The third-order valence-electron chi connectivity index (χ3n) is 11.7. The van der Waals surface area contributed by atoms with Crippen molar-refractivity contribution in [1.29, 1.82) is 5.26 Å². The van der Waals surface area contributed by atoms with Gasteiger partial charge in [0.25, 0.3) is 12.3 Å². The van der Waals surface area contributed by atoms with Gasteiger partial charge in [0.2, 0.25) is 5.96 Å². The summed E-state index contributed by atoms with van der Waals surface area (Å²) in [6, 6.07) is 20.5. The minimum absolute atomic E-state index is 0.0329. The first-order valence-corrected chi connectivity index (χ1v) is 21.2. The number of halogens is 6. The van der Waals surface area contributed by atoms with Crippen molar-refractivity contribution in [3.63, 3.8) is 0 Å². The van der Waals surface area contributed by atoms with Gasteiger partial charge in [0.05, 0.1) is 35.1 Å². The molecule has 344 valence electrons. The number of nitriles is 1. The van der Waals surface area contributed by atoms with Crippen LogP contribution in [0.4, 0.5) is 31.5 Å². The van der Waals surface area contributed by atoms with E-state index in [1.807, 2.05) is 16.2 Å². The summed E-state index contributed by atoms with van der Waals surface area (Å²) in [4.78, 5) is 51.6. The van der Waals surface area contributed by atoms with Crippen LogP contribution in [0.25, 0.3) is 16.8 Å². The number of nitrogens with one attached hydrogen (secondary N) is 2. The molecule has 0 bridgehead atoms. The van der Waals surface area contributed by atoms with Gasteiger partial charge in [0.1, 0.15) is 30.6 Å². The Kier molecular flexibility index (Phi) is 12.3. The number of carbonyl (C=O) groups is 3. The van der Waals surface area contributed by atoms with Gasteiger partial charge in [-0.1, -0.05) is 86.1 Å². The maximum absolute atomic E-state index is 15.8. The molecule has 66 heavy (non-hydrogen) atoms. The Morgan fingerprint density at radius 3 is 2.41 bits per heavy atom. The van der Waals surface area contributed by atoms with E-state index in [1.54, 1.807) is 74.6 Å². The summed E-state index contributed by atoms with van der Waals surface area (Å²) in [7, 11) is 0. The van der Waals surface area contributed by atoms with E-state index in [-0.39, 0.29) is 48.6 Å². The van der Waals surface area contributed by atoms with E-state index in [0.29, 0.717) is 17.2 Å². The molecule has 1 aliphatic heterocycles. The lowest BCUT2D eigenvalue weighted by atomic mass is 9.73.